The number of carbonyl (C=O) groups is 3. The van der Waals surface area contributed by atoms with Crippen molar-refractivity contribution in [1.82, 2.24) is 9.55 Å². The summed E-state index contributed by atoms with van der Waals surface area (Å²) in [5, 5.41) is 0.665. The summed E-state index contributed by atoms with van der Waals surface area (Å²) in [4.78, 5) is 38.7. The predicted octanol–water partition coefficient (Wildman–Crippen LogP) is 4.38. The Morgan fingerprint density at radius 1 is 1.14 bits per heavy atom. The number of aromatic nitrogens is 2. The molecule has 0 radical (unpaired) electrons. The van der Waals surface area contributed by atoms with Crippen molar-refractivity contribution < 1.29 is 19.1 Å². The molecule has 0 saturated heterocycles. The van der Waals surface area contributed by atoms with Crippen LogP contribution in [-0.4, -0.2) is 33.7 Å². The number of ether oxygens (including phenoxy) is 1. The Morgan fingerprint density at radius 3 is 2.52 bits per heavy atom. The fraction of sp³-hybridized carbons (Fsp3) is 0.227. The number of Topliss-reactive ketones (excluding diaryl/α,β-unsaturated/α-hetero) is 2. The first-order valence-corrected chi connectivity index (χ1v) is 9.45. The molecule has 0 amide bonds. The Bertz CT molecular complexity index is 1090. The van der Waals surface area contributed by atoms with Crippen LogP contribution in [0.3, 0.4) is 0 Å². The molecular weight excluding hydrogens is 392 g/mol. The van der Waals surface area contributed by atoms with Crippen LogP contribution in [0.5, 0.6) is 0 Å². The largest absolute Gasteiger partial charge is 0.453 e. The average Bonchev–Trinajstić information content (AvgIpc) is 3.28. The zero-order valence-corrected chi connectivity index (χ0v) is 17.2. The van der Waals surface area contributed by atoms with Gasteiger partial charge in [-0.1, -0.05) is 29.8 Å². The van der Waals surface area contributed by atoms with E-state index in [1.54, 1.807) is 6.07 Å². The number of aromatic amines is 1. The molecule has 3 aromatic rings. The van der Waals surface area contributed by atoms with Gasteiger partial charge in [0.1, 0.15) is 5.69 Å². The molecule has 3 rings (SSSR count). The number of H-pyrrole nitrogens is 1. The monoisotopic (exact) mass is 412 g/mol. The van der Waals surface area contributed by atoms with Crippen molar-refractivity contribution in [2.24, 2.45) is 0 Å². The minimum absolute atomic E-state index is 0.132. The second-order valence-electron chi connectivity index (χ2n) is 6.82. The second-order valence-corrected chi connectivity index (χ2v) is 7.23. The number of nitrogens with zero attached hydrogens (tertiary/aromatic N) is 1. The van der Waals surface area contributed by atoms with Crippen LogP contribution in [0.25, 0.3) is 0 Å². The van der Waals surface area contributed by atoms with Crippen molar-refractivity contribution in [3.05, 3.63) is 81.4 Å². The number of ketones is 2. The molecule has 0 saturated carbocycles. The zero-order valence-electron chi connectivity index (χ0n) is 16.4. The molecule has 0 aliphatic carbocycles. The summed E-state index contributed by atoms with van der Waals surface area (Å²) in [5.74, 6) is -1.15. The van der Waals surface area contributed by atoms with Crippen LogP contribution in [0, 0.1) is 13.8 Å². The van der Waals surface area contributed by atoms with Crippen LogP contribution in [0.4, 0.5) is 0 Å². The van der Waals surface area contributed by atoms with E-state index in [4.69, 9.17) is 16.3 Å². The normalized spacial score (nSPS) is 10.8. The van der Waals surface area contributed by atoms with Crippen LogP contribution < -0.4 is 0 Å². The lowest BCUT2D eigenvalue weighted by atomic mass is 10.1. The first-order chi connectivity index (χ1) is 13.8. The Morgan fingerprint density at radius 2 is 1.86 bits per heavy atom. The van der Waals surface area contributed by atoms with Gasteiger partial charge in [0.2, 0.25) is 5.78 Å². The predicted molar refractivity (Wildman–Crippen MR) is 110 cm³/mol. The smallest absolute Gasteiger partial charge is 0.355 e. The summed E-state index contributed by atoms with van der Waals surface area (Å²) < 4.78 is 7.12. The van der Waals surface area contributed by atoms with Gasteiger partial charge in [0, 0.05) is 40.3 Å². The number of rotatable bonds is 7. The maximum absolute atomic E-state index is 12.6. The summed E-state index contributed by atoms with van der Waals surface area (Å²) in [6.45, 7) is 5.32. The minimum atomic E-state index is -0.685. The molecule has 29 heavy (non-hydrogen) atoms. The highest BCUT2D eigenvalue weighted by molar-refractivity contribution is 6.31. The lowest BCUT2D eigenvalue weighted by Crippen LogP contribution is -2.15. The Hall–Kier alpha value is -3.12. The van der Waals surface area contributed by atoms with Crippen molar-refractivity contribution in [2.75, 3.05) is 6.61 Å². The van der Waals surface area contributed by atoms with Gasteiger partial charge in [-0.05, 0) is 44.5 Å². The first-order valence-electron chi connectivity index (χ1n) is 9.07. The summed E-state index contributed by atoms with van der Waals surface area (Å²) >= 11 is 6.25. The highest BCUT2D eigenvalue weighted by Crippen LogP contribution is 2.21. The highest BCUT2D eigenvalue weighted by atomic mass is 35.5. The summed E-state index contributed by atoms with van der Waals surface area (Å²) in [5.41, 5.74) is 3.65. The Kier molecular flexibility index (Phi) is 6.03. The van der Waals surface area contributed by atoms with E-state index in [9.17, 15) is 14.4 Å². The number of hydrogen-bond acceptors (Lipinski definition) is 4. The molecule has 2 heterocycles. The fourth-order valence-electron chi connectivity index (χ4n) is 3.13. The molecule has 7 heteroatoms. The number of hydrogen-bond donors (Lipinski definition) is 1. The lowest BCUT2D eigenvalue weighted by Gasteiger charge is -2.11. The van der Waals surface area contributed by atoms with E-state index in [0.29, 0.717) is 22.7 Å². The van der Waals surface area contributed by atoms with Gasteiger partial charge in [-0.3, -0.25) is 9.59 Å². The lowest BCUT2D eigenvalue weighted by molar-refractivity contribution is 0.0469. The fourth-order valence-corrected chi connectivity index (χ4v) is 3.32. The second kappa shape index (κ2) is 8.49. The molecule has 1 N–H and O–H groups in total. The summed E-state index contributed by atoms with van der Waals surface area (Å²) in [6.07, 6.45) is 1.43. The third-order valence-electron chi connectivity index (χ3n) is 4.80. The van der Waals surface area contributed by atoms with Crippen LogP contribution in [0.1, 0.15) is 55.1 Å². The third-order valence-corrected chi connectivity index (χ3v) is 5.17. The zero-order chi connectivity index (χ0) is 21.1. The molecule has 0 bridgehead atoms. The summed E-state index contributed by atoms with van der Waals surface area (Å²) in [6, 6.07) is 10.7. The van der Waals surface area contributed by atoms with E-state index in [2.05, 4.69) is 4.98 Å². The van der Waals surface area contributed by atoms with E-state index in [1.807, 2.05) is 42.7 Å². The SMILES string of the molecule is CC(=O)c1c[nH]c(C(=O)OCC(=O)c2cc(C)n(Cc3ccccc3Cl)c2C)c1. The van der Waals surface area contributed by atoms with E-state index >= 15 is 0 Å². The molecule has 6 nitrogen and oxygen atoms in total. The molecular formula is C22H21ClN2O4. The van der Waals surface area contributed by atoms with E-state index in [0.717, 1.165) is 17.0 Å². The molecule has 150 valence electrons. The first kappa shape index (κ1) is 20.6. The number of benzene rings is 1. The maximum Gasteiger partial charge on any atom is 0.355 e. The minimum Gasteiger partial charge on any atom is -0.453 e. The third kappa shape index (κ3) is 4.49. The van der Waals surface area contributed by atoms with Crippen molar-refractivity contribution in [3.8, 4) is 0 Å². The number of carbonyl (C=O) groups excluding carboxylic acids is 3. The molecule has 0 aliphatic rings. The molecule has 2 aromatic heterocycles. The van der Waals surface area contributed by atoms with Gasteiger partial charge in [-0.15, -0.1) is 0 Å². The van der Waals surface area contributed by atoms with Crippen LogP contribution in [0.2, 0.25) is 5.02 Å². The van der Waals surface area contributed by atoms with Gasteiger partial charge in [-0.2, -0.15) is 0 Å². The summed E-state index contributed by atoms with van der Waals surface area (Å²) in [7, 11) is 0. The molecule has 0 spiro atoms. The molecule has 0 fully saturated rings. The molecule has 0 unspecified atom stereocenters. The van der Waals surface area contributed by atoms with Crippen molar-refractivity contribution >= 4 is 29.1 Å². The average molecular weight is 413 g/mol. The van der Waals surface area contributed by atoms with Gasteiger partial charge in [0.15, 0.2) is 12.4 Å². The van der Waals surface area contributed by atoms with Gasteiger partial charge in [0.05, 0.1) is 0 Å². The topological polar surface area (TPSA) is 81.2 Å². The van der Waals surface area contributed by atoms with E-state index in [1.165, 1.54) is 19.2 Å². The van der Waals surface area contributed by atoms with Crippen molar-refractivity contribution in [1.29, 1.82) is 0 Å². The van der Waals surface area contributed by atoms with Crippen molar-refractivity contribution in [2.45, 2.75) is 27.3 Å². The quantitative estimate of drug-likeness (QED) is 0.461. The van der Waals surface area contributed by atoms with Crippen molar-refractivity contribution in [3.63, 3.8) is 0 Å². The van der Waals surface area contributed by atoms with Crippen LogP contribution >= 0.6 is 11.6 Å². The van der Waals surface area contributed by atoms with Crippen LogP contribution in [-0.2, 0) is 11.3 Å². The Labute approximate surface area is 173 Å². The van der Waals surface area contributed by atoms with Gasteiger partial charge >= 0.3 is 5.97 Å². The molecule has 1 aromatic carbocycles. The highest BCUT2D eigenvalue weighted by Gasteiger charge is 2.19. The van der Waals surface area contributed by atoms with Crippen LogP contribution in [0.15, 0.2) is 42.6 Å². The number of esters is 1. The Balaban J connectivity index is 1.70. The number of nitrogens with one attached hydrogen (secondary N) is 1. The van der Waals surface area contributed by atoms with Gasteiger partial charge < -0.3 is 14.3 Å². The molecule has 0 aliphatic heterocycles. The molecule has 0 atom stereocenters. The standard InChI is InChI=1S/C22H21ClN2O4/c1-13-8-18(14(2)25(13)11-16-6-4-5-7-19(16)23)21(27)12-29-22(28)20-9-17(10-24-20)15(3)26/h4-10,24H,11-12H2,1-3H3. The number of aryl methyl sites for hydroxylation is 1. The maximum atomic E-state index is 12.6. The van der Waals surface area contributed by atoms with E-state index < -0.39 is 5.97 Å². The van der Waals surface area contributed by atoms with Gasteiger partial charge in [-0.25, -0.2) is 4.79 Å². The van der Waals surface area contributed by atoms with E-state index in [-0.39, 0.29) is 23.9 Å². The number of halogens is 1. The van der Waals surface area contributed by atoms with Gasteiger partial charge in [0.25, 0.3) is 0 Å².